The maximum Gasteiger partial charge on any atom is 0.270 e. The molecule has 0 unspecified atom stereocenters. The third kappa shape index (κ3) is 3.37. The Morgan fingerprint density at radius 1 is 1.20 bits per heavy atom. The molecule has 0 aliphatic rings. The lowest BCUT2D eigenvalue weighted by Crippen LogP contribution is -1.94. The van der Waals surface area contributed by atoms with Crippen LogP contribution in [0.3, 0.4) is 0 Å². The number of non-ortho nitro benzene ring substituents is 1. The molecule has 6 heteroatoms. The first-order valence-corrected chi connectivity index (χ1v) is 7.70. The number of halogens is 2. The van der Waals surface area contributed by atoms with E-state index in [-0.39, 0.29) is 5.69 Å². The van der Waals surface area contributed by atoms with Gasteiger partial charge in [0, 0.05) is 27.5 Å². The highest BCUT2D eigenvalue weighted by Crippen LogP contribution is 2.32. The molecule has 0 aliphatic carbocycles. The van der Waals surface area contributed by atoms with Crippen molar-refractivity contribution in [3.05, 3.63) is 62.1 Å². The highest BCUT2D eigenvalue weighted by Gasteiger charge is 2.12. The summed E-state index contributed by atoms with van der Waals surface area (Å²) in [5.41, 5.74) is 1.78. The first kappa shape index (κ1) is 15.0. The van der Waals surface area contributed by atoms with Crippen LogP contribution in [0.25, 0.3) is 0 Å². The number of ether oxygens (including phenoxy) is 1. The molecule has 0 N–H and O–H groups in total. The Bertz CT molecular complexity index is 659. The fraction of sp³-hybridized carbons (Fsp3) is 0.143. The number of nitro benzene ring substituents is 1. The maximum absolute atomic E-state index is 10.8. The zero-order chi connectivity index (χ0) is 14.7. The van der Waals surface area contributed by atoms with Crippen molar-refractivity contribution in [3.8, 4) is 11.5 Å². The van der Waals surface area contributed by atoms with Crippen molar-refractivity contribution in [2.75, 3.05) is 0 Å². The molecule has 0 saturated carbocycles. The number of nitrogens with zero attached hydrogens (tertiary/aromatic N) is 1. The van der Waals surface area contributed by atoms with E-state index >= 15 is 0 Å². The van der Waals surface area contributed by atoms with Crippen LogP contribution in [0, 0.1) is 17.0 Å². The number of alkyl halides is 1. The molecule has 0 spiro atoms. The number of benzene rings is 2. The molecule has 0 fully saturated rings. The average Bonchev–Trinajstić information content (AvgIpc) is 2.42. The third-order valence-corrected chi connectivity index (χ3v) is 3.85. The number of nitro groups is 1. The monoisotopic (exact) mass is 399 g/mol. The normalized spacial score (nSPS) is 10.3. The predicted octanol–water partition coefficient (Wildman–Crippen LogP) is 5.35. The van der Waals surface area contributed by atoms with Gasteiger partial charge in [-0.05, 0) is 36.8 Å². The van der Waals surface area contributed by atoms with Crippen LogP contribution in [0.5, 0.6) is 11.5 Å². The predicted molar refractivity (Wildman–Crippen MR) is 84.7 cm³/mol. The highest BCUT2D eigenvalue weighted by atomic mass is 79.9. The molecular weight excluding hydrogens is 390 g/mol. The summed E-state index contributed by atoms with van der Waals surface area (Å²) in [5.74, 6) is 1.34. The summed E-state index contributed by atoms with van der Waals surface area (Å²) in [6.07, 6.45) is 0. The van der Waals surface area contributed by atoms with Crippen molar-refractivity contribution < 1.29 is 9.66 Å². The summed E-state index contributed by atoms with van der Waals surface area (Å²) in [5, 5.41) is 11.3. The minimum absolute atomic E-state index is 0.0549. The Morgan fingerprint density at radius 3 is 2.50 bits per heavy atom. The molecule has 20 heavy (non-hydrogen) atoms. The van der Waals surface area contributed by atoms with Crippen molar-refractivity contribution >= 4 is 37.5 Å². The van der Waals surface area contributed by atoms with E-state index in [9.17, 15) is 10.1 Å². The van der Waals surface area contributed by atoms with Gasteiger partial charge in [0.2, 0.25) is 0 Å². The van der Waals surface area contributed by atoms with Gasteiger partial charge < -0.3 is 4.74 Å². The maximum atomic E-state index is 10.8. The molecule has 2 aromatic carbocycles. The lowest BCUT2D eigenvalue weighted by atomic mass is 10.2. The van der Waals surface area contributed by atoms with Crippen LogP contribution >= 0.6 is 31.9 Å². The number of rotatable bonds is 4. The van der Waals surface area contributed by atoms with Gasteiger partial charge in [-0.2, -0.15) is 0 Å². The zero-order valence-corrected chi connectivity index (χ0v) is 13.8. The molecule has 2 rings (SSSR count). The molecule has 0 atom stereocenters. The minimum Gasteiger partial charge on any atom is -0.457 e. The molecular formula is C14H11Br2NO3. The van der Waals surface area contributed by atoms with E-state index in [2.05, 4.69) is 31.9 Å². The van der Waals surface area contributed by atoms with Gasteiger partial charge in [0.25, 0.3) is 5.69 Å². The second kappa shape index (κ2) is 6.37. The molecule has 2 aromatic rings. The molecule has 0 aromatic heterocycles. The highest BCUT2D eigenvalue weighted by molar-refractivity contribution is 9.10. The first-order valence-electron chi connectivity index (χ1n) is 5.78. The molecule has 104 valence electrons. The van der Waals surface area contributed by atoms with Crippen LogP contribution in [-0.2, 0) is 5.33 Å². The molecule has 0 heterocycles. The summed E-state index contributed by atoms with van der Waals surface area (Å²) in [6, 6.07) is 10.3. The van der Waals surface area contributed by atoms with Gasteiger partial charge in [-0.25, -0.2) is 0 Å². The van der Waals surface area contributed by atoms with E-state index in [1.807, 2.05) is 25.1 Å². The van der Waals surface area contributed by atoms with Crippen LogP contribution in [0.1, 0.15) is 11.1 Å². The summed E-state index contributed by atoms with van der Waals surface area (Å²) < 4.78 is 6.83. The Kier molecular flexibility index (Phi) is 4.77. The topological polar surface area (TPSA) is 52.4 Å². The quantitative estimate of drug-likeness (QED) is 0.394. The second-order valence-electron chi connectivity index (χ2n) is 4.19. The van der Waals surface area contributed by atoms with E-state index in [0.717, 1.165) is 21.3 Å². The van der Waals surface area contributed by atoms with E-state index < -0.39 is 4.92 Å². The third-order valence-electron chi connectivity index (χ3n) is 2.76. The Balaban J connectivity index is 2.35. The van der Waals surface area contributed by atoms with E-state index in [0.29, 0.717) is 11.1 Å². The second-order valence-corrected chi connectivity index (χ2v) is 5.67. The van der Waals surface area contributed by atoms with Crippen molar-refractivity contribution in [2.24, 2.45) is 0 Å². The Morgan fingerprint density at radius 2 is 1.90 bits per heavy atom. The molecule has 0 bridgehead atoms. The van der Waals surface area contributed by atoms with E-state index in [1.54, 1.807) is 6.07 Å². The molecule has 0 aliphatic heterocycles. The number of aryl methyl sites for hydroxylation is 1. The Hall–Kier alpha value is -1.40. The summed E-state index contributed by atoms with van der Waals surface area (Å²) >= 11 is 6.72. The van der Waals surface area contributed by atoms with Crippen LogP contribution in [0.4, 0.5) is 5.69 Å². The summed E-state index contributed by atoms with van der Waals surface area (Å²) in [7, 11) is 0. The van der Waals surface area contributed by atoms with Crippen molar-refractivity contribution in [2.45, 2.75) is 12.3 Å². The zero-order valence-electron chi connectivity index (χ0n) is 10.6. The molecule has 0 saturated heterocycles. The molecule has 0 amide bonds. The van der Waals surface area contributed by atoms with E-state index in [4.69, 9.17) is 4.74 Å². The van der Waals surface area contributed by atoms with Crippen LogP contribution in [0.15, 0.2) is 40.9 Å². The number of hydrogen-bond acceptors (Lipinski definition) is 3. The fourth-order valence-corrected chi connectivity index (χ4v) is 2.64. The SMILES string of the molecule is Cc1cc(Br)ccc1Oc1ccc([N+](=O)[O-])cc1CBr. The van der Waals surface area contributed by atoms with E-state index in [1.165, 1.54) is 12.1 Å². The van der Waals surface area contributed by atoms with Gasteiger partial charge in [-0.15, -0.1) is 0 Å². The average molecular weight is 401 g/mol. The van der Waals surface area contributed by atoms with Crippen LogP contribution in [0.2, 0.25) is 0 Å². The lowest BCUT2D eigenvalue weighted by Gasteiger charge is -2.12. The number of hydrogen-bond donors (Lipinski definition) is 0. The molecule has 4 nitrogen and oxygen atoms in total. The van der Waals surface area contributed by atoms with Crippen molar-refractivity contribution in [1.29, 1.82) is 0 Å². The minimum atomic E-state index is -0.416. The van der Waals surface area contributed by atoms with Crippen molar-refractivity contribution in [1.82, 2.24) is 0 Å². The van der Waals surface area contributed by atoms with Gasteiger partial charge in [0.05, 0.1) is 4.92 Å². The summed E-state index contributed by atoms with van der Waals surface area (Å²) in [6.45, 7) is 1.94. The fourth-order valence-electron chi connectivity index (χ4n) is 1.73. The van der Waals surface area contributed by atoms with Crippen LogP contribution in [-0.4, -0.2) is 4.92 Å². The lowest BCUT2D eigenvalue weighted by molar-refractivity contribution is -0.384. The summed E-state index contributed by atoms with van der Waals surface area (Å²) in [4.78, 5) is 10.4. The van der Waals surface area contributed by atoms with Gasteiger partial charge >= 0.3 is 0 Å². The van der Waals surface area contributed by atoms with Crippen molar-refractivity contribution in [3.63, 3.8) is 0 Å². The standard InChI is InChI=1S/C14H11Br2NO3/c1-9-6-11(16)2-4-13(9)20-14-5-3-12(17(18)19)7-10(14)8-15/h2-7H,8H2,1H3. The van der Waals surface area contributed by atoms with Gasteiger partial charge in [-0.1, -0.05) is 31.9 Å². The van der Waals surface area contributed by atoms with Gasteiger partial charge in [0.15, 0.2) is 0 Å². The Labute approximate surface area is 133 Å². The van der Waals surface area contributed by atoms with Crippen LogP contribution < -0.4 is 4.74 Å². The van der Waals surface area contributed by atoms with Gasteiger partial charge in [0.1, 0.15) is 11.5 Å². The smallest absolute Gasteiger partial charge is 0.270 e. The molecule has 0 radical (unpaired) electrons. The van der Waals surface area contributed by atoms with Gasteiger partial charge in [-0.3, -0.25) is 10.1 Å². The largest absolute Gasteiger partial charge is 0.457 e. The first-order chi connectivity index (χ1) is 9.51.